The summed E-state index contributed by atoms with van der Waals surface area (Å²) in [5.41, 5.74) is 0. The van der Waals surface area contributed by atoms with Crippen LogP contribution in [0.5, 0.6) is 0 Å². The maximum atomic E-state index is 12.1. The first kappa shape index (κ1) is 23.7. The van der Waals surface area contributed by atoms with Gasteiger partial charge in [-0.05, 0) is 38.3 Å². The fraction of sp³-hybridized carbons (Fsp3) is 0.833. The van der Waals surface area contributed by atoms with Crippen molar-refractivity contribution in [1.82, 2.24) is 4.90 Å². The first-order chi connectivity index (χ1) is 10.3. The molecule has 0 aliphatic carbocycles. The van der Waals surface area contributed by atoms with E-state index < -0.39 is 18.7 Å². The summed E-state index contributed by atoms with van der Waals surface area (Å²) in [4.78, 5) is 20.5. The van der Waals surface area contributed by atoms with Gasteiger partial charge in [0.15, 0.2) is 0 Å². The van der Waals surface area contributed by atoms with E-state index in [1.165, 1.54) is 11.4 Å². The van der Waals surface area contributed by atoms with Crippen LogP contribution >= 0.6 is 18.2 Å². The largest absolute Gasteiger partial charge is 0.473 e. The second-order valence-corrected chi connectivity index (χ2v) is 7.95. The van der Waals surface area contributed by atoms with Gasteiger partial charge in [0.25, 0.3) is 0 Å². The highest BCUT2D eigenvalue weighted by Gasteiger charge is 2.24. The molecule has 0 saturated carbocycles. The molecule has 0 fully saturated rings. The van der Waals surface area contributed by atoms with Crippen LogP contribution in [0.25, 0.3) is 0 Å². The Labute approximate surface area is 135 Å². The van der Waals surface area contributed by atoms with Crippen LogP contribution in [-0.4, -0.2) is 65.7 Å². The second kappa shape index (κ2) is 14.0. The molecule has 0 aromatic rings. The van der Waals surface area contributed by atoms with E-state index in [2.05, 4.69) is 18.7 Å². The predicted octanol–water partition coefficient (Wildman–Crippen LogP) is 2.40. The fourth-order valence-electron chi connectivity index (χ4n) is 1.25. The highest BCUT2D eigenvalue weighted by molar-refractivity contribution is 8.55. The maximum Gasteiger partial charge on any atom is 0.414 e. The molecule has 0 aromatic heterocycles. The van der Waals surface area contributed by atoms with Crippen LogP contribution in [0.1, 0.15) is 27.7 Å². The lowest BCUT2D eigenvalue weighted by atomic mass is 10.5. The molecule has 0 unspecified atom stereocenters. The summed E-state index contributed by atoms with van der Waals surface area (Å²) in [7, 11) is 0. The summed E-state index contributed by atoms with van der Waals surface area (Å²) in [6, 6.07) is 0. The first-order valence-electron chi connectivity index (χ1n) is 6.98. The van der Waals surface area contributed by atoms with Crippen molar-refractivity contribution in [2.45, 2.75) is 27.7 Å². The molecule has 0 rings (SSSR count). The molecule has 0 radical (unpaired) electrons. The van der Waals surface area contributed by atoms with Gasteiger partial charge >= 0.3 is 18.7 Å². The fourth-order valence-corrected chi connectivity index (χ4v) is 4.66. The van der Waals surface area contributed by atoms with Crippen molar-refractivity contribution in [2.75, 3.05) is 38.6 Å². The van der Waals surface area contributed by atoms with Crippen LogP contribution in [-0.2, 0) is 23.2 Å². The Morgan fingerprint density at radius 1 is 1.00 bits per heavy atom. The SMILES string of the molecule is CCOP(=O)(OCC)SCCN(CC)CC.O=C(O)C(=O)O. The quantitative estimate of drug-likeness (QED) is 0.448. The monoisotopic (exact) mass is 359 g/mol. The van der Waals surface area contributed by atoms with Gasteiger partial charge in [-0.15, -0.1) is 0 Å². The van der Waals surface area contributed by atoms with Gasteiger partial charge in [-0.25, -0.2) is 14.2 Å². The number of carbonyl (C=O) groups is 2. The third kappa shape index (κ3) is 13.1. The number of hydrogen-bond donors (Lipinski definition) is 2. The molecular formula is C12H26NO7PS. The Kier molecular flexibility index (Phi) is 15.1. The van der Waals surface area contributed by atoms with Crippen molar-refractivity contribution < 1.29 is 33.4 Å². The summed E-state index contributed by atoms with van der Waals surface area (Å²) in [5, 5.41) is 14.8. The van der Waals surface area contributed by atoms with Gasteiger partial charge in [-0.3, -0.25) is 0 Å². The minimum Gasteiger partial charge on any atom is -0.473 e. The zero-order valence-corrected chi connectivity index (χ0v) is 15.2. The summed E-state index contributed by atoms with van der Waals surface area (Å²) in [6.45, 7) is 8.81. The molecule has 0 heterocycles. The summed E-state index contributed by atoms with van der Waals surface area (Å²) >= 11 is 1.30. The Morgan fingerprint density at radius 3 is 1.68 bits per heavy atom. The van der Waals surface area contributed by atoms with E-state index in [-0.39, 0.29) is 0 Å². The van der Waals surface area contributed by atoms with E-state index in [0.29, 0.717) is 13.2 Å². The zero-order valence-electron chi connectivity index (χ0n) is 13.5. The Bertz CT molecular complexity index is 341. The summed E-state index contributed by atoms with van der Waals surface area (Å²) in [5.74, 6) is -2.87. The van der Waals surface area contributed by atoms with E-state index in [4.69, 9.17) is 28.8 Å². The lowest BCUT2D eigenvalue weighted by Crippen LogP contribution is -2.25. The van der Waals surface area contributed by atoms with E-state index >= 15 is 0 Å². The van der Waals surface area contributed by atoms with Gasteiger partial charge in [-0.1, -0.05) is 13.8 Å². The highest BCUT2D eigenvalue weighted by atomic mass is 32.7. The third-order valence-corrected chi connectivity index (χ3v) is 6.27. The Balaban J connectivity index is 0. The molecule has 22 heavy (non-hydrogen) atoms. The zero-order chi connectivity index (χ0) is 17.6. The predicted molar refractivity (Wildman–Crippen MR) is 86.4 cm³/mol. The highest BCUT2D eigenvalue weighted by Crippen LogP contribution is 2.60. The van der Waals surface area contributed by atoms with Gasteiger partial charge in [0.05, 0.1) is 13.2 Å². The number of aliphatic carboxylic acids is 2. The normalized spacial score (nSPS) is 11.0. The van der Waals surface area contributed by atoms with E-state index in [9.17, 15) is 4.57 Å². The summed E-state index contributed by atoms with van der Waals surface area (Å²) < 4.78 is 22.5. The molecule has 8 nitrogen and oxygen atoms in total. The molecule has 0 atom stereocenters. The van der Waals surface area contributed by atoms with Crippen LogP contribution in [0.3, 0.4) is 0 Å². The smallest absolute Gasteiger partial charge is 0.414 e. The van der Waals surface area contributed by atoms with Gasteiger partial charge in [-0.2, -0.15) is 0 Å². The number of carboxylic acid groups (broad SMARTS) is 2. The van der Waals surface area contributed by atoms with Gasteiger partial charge in [0, 0.05) is 12.3 Å². The van der Waals surface area contributed by atoms with Crippen molar-refractivity contribution in [3.8, 4) is 0 Å². The maximum absolute atomic E-state index is 12.1. The van der Waals surface area contributed by atoms with Crippen molar-refractivity contribution in [1.29, 1.82) is 0 Å². The molecule has 0 bridgehead atoms. The van der Waals surface area contributed by atoms with E-state index in [1.807, 2.05) is 13.8 Å². The van der Waals surface area contributed by atoms with Crippen molar-refractivity contribution in [3.63, 3.8) is 0 Å². The second-order valence-electron chi connectivity index (χ2n) is 3.75. The average Bonchev–Trinajstić information content (AvgIpc) is 2.44. The standard InChI is InChI=1S/C10H24NO3PS.C2H2O4/c1-5-11(6-2)9-10-16-15(12,13-7-3)14-8-4;3-1(4)2(5)6/h5-10H2,1-4H3;(H,3,4)(H,5,6). The van der Waals surface area contributed by atoms with Crippen molar-refractivity contribution in [2.24, 2.45) is 0 Å². The Hall–Kier alpha value is -0.600. The molecule has 0 aliphatic rings. The van der Waals surface area contributed by atoms with Crippen LogP contribution in [0.4, 0.5) is 0 Å². The molecular weight excluding hydrogens is 333 g/mol. The molecule has 0 spiro atoms. The van der Waals surface area contributed by atoms with Crippen LogP contribution < -0.4 is 0 Å². The summed E-state index contributed by atoms with van der Waals surface area (Å²) in [6.07, 6.45) is 0. The molecule has 0 aliphatic heterocycles. The number of rotatable bonds is 10. The molecule has 2 N–H and O–H groups in total. The molecule has 0 amide bonds. The van der Waals surface area contributed by atoms with Gasteiger partial charge < -0.3 is 24.2 Å². The topological polar surface area (TPSA) is 113 Å². The number of nitrogens with zero attached hydrogens (tertiary/aromatic N) is 1. The molecule has 0 saturated heterocycles. The minimum absolute atomic E-state index is 0.426. The number of hydrogen-bond acceptors (Lipinski definition) is 7. The lowest BCUT2D eigenvalue weighted by Gasteiger charge is -2.20. The number of carboxylic acids is 2. The van der Waals surface area contributed by atoms with Crippen molar-refractivity contribution in [3.05, 3.63) is 0 Å². The Morgan fingerprint density at radius 2 is 1.41 bits per heavy atom. The van der Waals surface area contributed by atoms with Crippen LogP contribution in [0.2, 0.25) is 0 Å². The minimum atomic E-state index is -2.91. The van der Waals surface area contributed by atoms with Gasteiger partial charge in [0.2, 0.25) is 0 Å². The molecule has 132 valence electrons. The molecule has 10 heteroatoms. The average molecular weight is 359 g/mol. The van der Waals surface area contributed by atoms with E-state index in [1.54, 1.807) is 0 Å². The van der Waals surface area contributed by atoms with Crippen LogP contribution in [0, 0.1) is 0 Å². The van der Waals surface area contributed by atoms with Crippen LogP contribution in [0.15, 0.2) is 0 Å². The third-order valence-electron chi connectivity index (χ3n) is 2.31. The molecule has 0 aromatic carbocycles. The first-order valence-corrected chi connectivity index (χ1v) is 10.1. The lowest BCUT2D eigenvalue weighted by molar-refractivity contribution is -0.159. The van der Waals surface area contributed by atoms with Crippen molar-refractivity contribution >= 4 is 30.1 Å². The van der Waals surface area contributed by atoms with Gasteiger partial charge in [0.1, 0.15) is 0 Å². The van der Waals surface area contributed by atoms with E-state index in [0.717, 1.165) is 25.4 Å².